The molecule has 0 amide bonds. The van der Waals surface area contributed by atoms with Crippen LogP contribution in [0.15, 0.2) is 30.3 Å². The Labute approximate surface area is 179 Å². The molecule has 0 aromatic heterocycles. The van der Waals surface area contributed by atoms with Crippen molar-refractivity contribution in [3.63, 3.8) is 0 Å². The largest absolute Gasteiger partial charge is 0.378 e. The molecule has 0 spiro atoms. The van der Waals surface area contributed by atoms with Crippen LogP contribution >= 0.6 is 58.2 Å². The summed E-state index contributed by atoms with van der Waals surface area (Å²) in [5.74, 6) is 0. The minimum atomic E-state index is -3.39. The Balaban J connectivity index is 1.61. The molecule has 1 heterocycles. The molecule has 3 rings (SSSR count). The molecule has 1 aromatic rings. The van der Waals surface area contributed by atoms with E-state index in [1.165, 1.54) is 11.7 Å². The number of benzene rings is 1. The summed E-state index contributed by atoms with van der Waals surface area (Å²) in [6.45, 7) is 1.30. The van der Waals surface area contributed by atoms with Crippen molar-refractivity contribution in [2.24, 2.45) is 0 Å². The molecule has 0 unspecified atom stereocenters. The van der Waals surface area contributed by atoms with Crippen LogP contribution in [0.5, 0.6) is 0 Å². The summed E-state index contributed by atoms with van der Waals surface area (Å²) in [4.78, 5) is 0. The van der Waals surface area contributed by atoms with Gasteiger partial charge in [-0.05, 0) is 62.5 Å². The van der Waals surface area contributed by atoms with Crippen LogP contribution in [0, 0.1) is 0 Å². The Morgan fingerprint density at radius 1 is 1.12 bits per heavy atom. The number of halogens is 2. The molecule has 25 heavy (non-hydrogen) atoms. The molecule has 0 bridgehead atoms. The predicted molar refractivity (Wildman–Crippen MR) is 119 cm³/mol. The van der Waals surface area contributed by atoms with E-state index in [2.05, 4.69) is 44.1 Å². The zero-order valence-corrected chi connectivity index (χ0v) is 20.2. The molecule has 2 aliphatic rings. The topological polar surface area (TPSA) is 61.8 Å². The third kappa shape index (κ3) is 4.65. The average molecular weight is 628 g/mol. The van der Waals surface area contributed by atoms with Gasteiger partial charge < -0.3 is 13.7 Å². The van der Waals surface area contributed by atoms with Crippen LogP contribution < -0.4 is 0 Å². The summed E-state index contributed by atoms with van der Waals surface area (Å²) in [7, 11) is -3.39. The number of rotatable bonds is 10. The van der Waals surface area contributed by atoms with E-state index in [0.29, 0.717) is 19.4 Å². The van der Waals surface area contributed by atoms with E-state index in [9.17, 15) is 8.42 Å². The van der Waals surface area contributed by atoms with Crippen LogP contribution in [0.2, 0.25) is 0 Å². The molecule has 10 heteroatoms. The summed E-state index contributed by atoms with van der Waals surface area (Å²) >= 11 is 5.93. The van der Waals surface area contributed by atoms with Crippen molar-refractivity contribution in [2.45, 2.75) is 28.9 Å². The third-order valence-corrected chi connectivity index (χ3v) is 11.6. The van der Waals surface area contributed by atoms with Crippen molar-refractivity contribution >= 4 is 68.0 Å². The number of hydrogen-bond acceptors (Lipinski definition) is 6. The Bertz CT molecular complexity index is 678. The molecule has 140 valence electrons. The molecule has 0 atom stereocenters. The quantitative estimate of drug-likeness (QED) is 0.213. The maximum atomic E-state index is 13.3. The third-order valence-electron chi connectivity index (χ3n) is 4.59. The first kappa shape index (κ1) is 21.0. The van der Waals surface area contributed by atoms with E-state index in [4.69, 9.17) is 13.7 Å². The second-order valence-corrected chi connectivity index (χ2v) is 26.7. The molecule has 1 saturated heterocycles. The lowest BCUT2D eigenvalue weighted by molar-refractivity contribution is -0.0305. The Morgan fingerprint density at radius 3 is 2.32 bits per heavy atom. The van der Waals surface area contributed by atoms with Gasteiger partial charge in [-0.1, -0.05) is 30.3 Å². The summed E-state index contributed by atoms with van der Waals surface area (Å²) in [6, 6.07) is 9.81. The standard InChI is InChI=1S/C15H19I2O5PS2/c16-23(17)24-22-12-15(10-21-11-15)25(18,19)14(6-7-14)9-20-8-13-4-2-1-3-5-13/h1-5H,6-12H2. The summed E-state index contributed by atoms with van der Waals surface area (Å²) in [6.07, 6.45) is 1.31. The van der Waals surface area contributed by atoms with Crippen LogP contribution in [0.3, 0.4) is 0 Å². The normalized spacial score (nSPS) is 21.1. The molecule has 1 saturated carbocycles. The maximum absolute atomic E-state index is 13.3. The highest BCUT2D eigenvalue weighted by Gasteiger charge is 2.65. The first-order valence-electron chi connectivity index (χ1n) is 7.76. The van der Waals surface area contributed by atoms with E-state index in [1.807, 2.05) is 30.3 Å². The molecule has 1 aliphatic heterocycles. The highest BCUT2D eigenvalue weighted by Crippen LogP contribution is 2.65. The fourth-order valence-electron chi connectivity index (χ4n) is 2.84. The van der Waals surface area contributed by atoms with Crippen LogP contribution in [-0.2, 0) is 30.1 Å². The Morgan fingerprint density at radius 2 is 1.80 bits per heavy atom. The van der Waals surface area contributed by atoms with E-state index in [1.54, 1.807) is 0 Å². The lowest BCUT2D eigenvalue weighted by Crippen LogP contribution is -2.62. The average Bonchev–Trinajstić information content (AvgIpc) is 3.32. The highest BCUT2D eigenvalue weighted by atomic mass is 127. The summed E-state index contributed by atoms with van der Waals surface area (Å²) in [5, 5.41) is 0. The van der Waals surface area contributed by atoms with Crippen LogP contribution in [0.25, 0.3) is 0 Å². The summed E-state index contributed by atoms with van der Waals surface area (Å²) in [5.41, 5.74) is 1.05. The van der Waals surface area contributed by atoms with Gasteiger partial charge in [-0.15, -0.1) is 0 Å². The predicted octanol–water partition coefficient (Wildman–Crippen LogP) is 4.68. The van der Waals surface area contributed by atoms with Gasteiger partial charge in [-0.2, -0.15) is 0 Å². The zero-order chi connectivity index (χ0) is 18.0. The molecule has 1 aliphatic carbocycles. The van der Waals surface area contributed by atoms with Gasteiger partial charge in [0.15, 0.2) is 9.84 Å². The molecular formula is C15H19I2O5PS2. The van der Waals surface area contributed by atoms with Gasteiger partial charge in [-0.25, -0.2) is 8.42 Å². The lowest BCUT2D eigenvalue weighted by Gasteiger charge is -2.42. The Kier molecular flexibility index (Phi) is 7.36. The van der Waals surface area contributed by atoms with E-state index >= 15 is 0 Å². The Hall–Kier alpha value is 1.29. The van der Waals surface area contributed by atoms with Gasteiger partial charge >= 0.3 is 0 Å². The van der Waals surface area contributed by atoms with Crippen LogP contribution in [-0.4, -0.2) is 44.3 Å². The van der Waals surface area contributed by atoms with Crippen molar-refractivity contribution in [2.75, 3.05) is 26.4 Å². The van der Waals surface area contributed by atoms with Gasteiger partial charge in [0.1, 0.15) is 7.16 Å². The lowest BCUT2D eigenvalue weighted by atomic mass is 10.1. The van der Waals surface area contributed by atoms with Crippen LogP contribution in [0.4, 0.5) is 0 Å². The monoisotopic (exact) mass is 628 g/mol. The number of sulfone groups is 1. The van der Waals surface area contributed by atoms with Crippen molar-refractivity contribution < 1.29 is 22.1 Å². The second-order valence-electron chi connectivity index (χ2n) is 6.38. The molecule has 0 N–H and O–H groups in total. The van der Waals surface area contributed by atoms with Crippen molar-refractivity contribution in [1.82, 2.24) is 0 Å². The second kappa shape index (κ2) is 8.75. The number of hydrogen-bond donors (Lipinski definition) is 0. The van der Waals surface area contributed by atoms with E-state index < -0.39 is 19.3 Å². The minimum absolute atomic E-state index is 0.186. The zero-order valence-electron chi connectivity index (χ0n) is 13.4. The fourth-order valence-corrected chi connectivity index (χ4v) is 8.20. The molecule has 5 nitrogen and oxygen atoms in total. The van der Waals surface area contributed by atoms with Crippen molar-refractivity contribution in [1.29, 1.82) is 0 Å². The summed E-state index contributed by atoms with van der Waals surface area (Å²) < 4.78 is 41.2. The highest BCUT2D eigenvalue weighted by molar-refractivity contribution is 14.3. The molecule has 2 fully saturated rings. The van der Waals surface area contributed by atoms with E-state index in [-0.39, 0.29) is 28.8 Å². The van der Waals surface area contributed by atoms with Gasteiger partial charge in [0.2, 0.25) is 0 Å². The van der Waals surface area contributed by atoms with Gasteiger partial charge in [-0.3, -0.25) is 0 Å². The van der Waals surface area contributed by atoms with Crippen LogP contribution in [0.1, 0.15) is 18.4 Å². The minimum Gasteiger partial charge on any atom is -0.378 e. The smallest absolute Gasteiger partial charge is 0.170 e. The first-order valence-corrected chi connectivity index (χ1v) is 17.5. The molecule has 1 aromatic carbocycles. The SMILES string of the molecule is O=S(=O)(C1(COCc2ccccc2)CC1)C1(COSP(I)I)COC1. The maximum Gasteiger partial charge on any atom is 0.170 e. The molecule has 0 radical (unpaired) electrons. The van der Waals surface area contributed by atoms with E-state index in [0.717, 1.165) is 5.56 Å². The van der Waals surface area contributed by atoms with Crippen molar-refractivity contribution in [3.05, 3.63) is 35.9 Å². The first-order chi connectivity index (χ1) is 11.9. The van der Waals surface area contributed by atoms with Gasteiger partial charge in [0, 0.05) is 11.7 Å². The van der Waals surface area contributed by atoms with Gasteiger partial charge in [0.25, 0.3) is 0 Å². The van der Waals surface area contributed by atoms with Crippen molar-refractivity contribution in [3.8, 4) is 0 Å². The molecular weight excluding hydrogens is 609 g/mol. The number of ether oxygens (including phenoxy) is 2. The fraction of sp³-hybridized carbons (Fsp3) is 0.600. The van der Waals surface area contributed by atoms with Gasteiger partial charge in [0.05, 0.1) is 37.8 Å².